The largest absolute Gasteiger partial charge is 0.493 e. The lowest BCUT2D eigenvalue weighted by Crippen LogP contribution is -2.40. The first-order valence-corrected chi connectivity index (χ1v) is 9.40. The second-order valence-electron chi connectivity index (χ2n) is 6.97. The molecule has 168 valence electrons. The van der Waals surface area contributed by atoms with Gasteiger partial charge in [0.2, 0.25) is 5.88 Å². The van der Waals surface area contributed by atoms with Gasteiger partial charge in [0.05, 0.1) is 13.2 Å². The summed E-state index contributed by atoms with van der Waals surface area (Å²) in [5.41, 5.74) is 11.4. The zero-order chi connectivity index (χ0) is 22.5. The van der Waals surface area contributed by atoms with Gasteiger partial charge < -0.3 is 41.0 Å². The van der Waals surface area contributed by atoms with Gasteiger partial charge in [-0.15, -0.1) is 0 Å². The molecule has 12 heteroatoms. The Labute approximate surface area is 176 Å². The standard InChI is InChI=1S/C19H24N4O8/c20-11(7-29-6-10-4-2-1-3-5-10)19(28)30-8-12-14(24)15(25)18(31-12)23-9-22-13(16(21)26)17(23)27/h1-5,9,11-12,14-15,18,24-25,27H,6-8,20H2,(H2,21,26)/t11-,12+,14?,15+,18+/m0/s1. The number of hydrogen-bond donors (Lipinski definition) is 5. The molecule has 1 aliphatic heterocycles. The molecule has 0 spiro atoms. The van der Waals surface area contributed by atoms with E-state index < -0.39 is 60.6 Å². The maximum absolute atomic E-state index is 12.1. The van der Waals surface area contributed by atoms with Gasteiger partial charge in [0.15, 0.2) is 11.9 Å². The van der Waals surface area contributed by atoms with Crippen molar-refractivity contribution in [2.75, 3.05) is 13.2 Å². The molecule has 1 fully saturated rings. The highest BCUT2D eigenvalue weighted by molar-refractivity contribution is 5.93. The number of carbonyl (C=O) groups is 2. The summed E-state index contributed by atoms with van der Waals surface area (Å²) in [6, 6.07) is 8.28. The summed E-state index contributed by atoms with van der Waals surface area (Å²) in [4.78, 5) is 26.9. The Morgan fingerprint density at radius 2 is 1.94 bits per heavy atom. The molecule has 2 aromatic rings. The number of nitrogens with zero attached hydrogens (tertiary/aromatic N) is 2. The topological polar surface area (TPSA) is 192 Å². The zero-order valence-electron chi connectivity index (χ0n) is 16.4. The van der Waals surface area contributed by atoms with Crippen LogP contribution in [0.5, 0.6) is 5.88 Å². The number of aromatic hydroxyl groups is 1. The number of nitrogens with two attached hydrogens (primary N) is 2. The molecule has 1 amide bonds. The minimum atomic E-state index is -1.49. The maximum Gasteiger partial charge on any atom is 0.325 e. The van der Waals surface area contributed by atoms with Crippen molar-refractivity contribution in [3.05, 3.63) is 47.9 Å². The normalized spacial score (nSPS) is 24.1. The number of rotatable bonds is 9. The van der Waals surface area contributed by atoms with Crippen LogP contribution in [-0.4, -0.2) is 74.3 Å². The molecule has 12 nitrogen and oxygen atoms in total. The molecular formula is C19H24N4O8. The summed E-state index contributed by atoms with van der Waals surface area (Å²) >= 11 is 0. The van der Waals surface area contributed by atoms with Crippen molar-refractivity contribution in [1.82, 2.24) is 9.55 Å². The highest BCUT2D eigenvalue weighted by Gasteiger charge is 2.45. The van der Waals surface area contributed by atoms with E-state index in [4.69, 9.17) is 25.7 Å². The number of aliphatic hydroxyl groups excluding tert-OH is 2. The molecular weight excluding hydrogens is 412 g/mol. The van der Waals surface area contributed by atoms with E-state index in [1.807, 2.05) is 30.3 Å². The van der Waals surface area contributed by atoms with Gasteiger partial charge in [-0.3, -0.25) is 14.2 Å². The average Bonchev–Trinajstić information content (AvgIpc) is 3.27. The monoisotopic (exact) mass is 436 g/mol. The van der Waals surface area contributed by atoms with E-state index in [-0.39, 0.29) is 13.2 Å². The summed E-state index contributed by atoms with van der Waals surface area (Å²) in [7, 11) is 0. The molecule has 0 saturated carbocycles. The smallest absolute Gasteiger partial charge is 0.325 e. The molecule has 1 aliphatic rings. The molecule has 1 aromatic heterocycles. The second-order valence-corrected chi connectivity index (χ2v) is 6.97. The lowest BCUT2D eigenvalue weighted by atomic mass is 10.1. The van der Waals surface area contributed by atoms with Gasteiger partial charge in [0, 0.05) is 0 Å². The summed E-state index contributed by atoms with van der Waals surface area (Å²) in [5.74, 6) is -2.37. The number of carbonyl (C=O) groups excluding carboxylic acids is 2. The third-order valence-corrected chi connectivity index (χ3v) is 4.71. The molecule has 31 heavy (non-hydrogen) atoms. The molecule has 0 radical (unpaired) electrons. The summed E-state index contributed by atoms with van der Waals surface area (Å²) < 4.78 is 16.9. The van der Waals surface area contributed by atoms with Gasteiger partial charge >= 0.3 is 5.97 Å². The number of hydrogen-bond acceptors (Lipinski definition) is 10. The van der Waals surface area contributed by atoms with Crippen molar-refractivity contribution in [1.29, 1.82) is 0 Å². The summed E-state index contributed by atoms with van der Waals surface area (Å²) in [6.45, 7) is -0.203. The van der Waals surface area contributed by atoms with Crippen LogP contribution in [0.1, 0.15) is 22.3 Å². The molecule has 7 N–H and O–H groups in total. The third-order valence-electron chi connectivity index (χ3n) is 4.71. The van der Waals surface area contributed by atoms with E-state index in [0.29, 0.717) is 0 Å². The Morgan fingerprint density at radius 1 is 1.23 bits per heavy atom. The third kappa shape index (κ3) is 5.18. The van der Waals surface area contributed by atoms with Gasteiger partial charge in [0.25, 0.3) is 5.91 Å². The molecule has 0 aliphatic carbocycles. The SMILES string of the molecule is NC(=O)c1ncn([C@@H]2O[C@H](COC(=O)[C@@H](N)COCc3ccccc3)C(O)[C@H]2O)c1O. The van der Waals surface area contributed by atoms with E-state index in [1.165, 1.54) is 0 Å². The Kier molecular flexibility index (Phi) is 7.20. The van der Waals surface area contributed by atoms with Crippen LogP contribution in [0, 0.1) is 0 Å². The van der Waals surface area contributed by atoms with Crippen LogP contribution in [0.3, 0.4) is 0 Å². The average molecular weight is 436 g/mol. The number of imidazole rings is 1. The first kappa shape index (κ1) is 22.7. The fourth-order valence-corrected chi connectivity index (χ4v) is 3.03. The number of primary amides is 1. The van der Waals surface area contributed by atoms with E-state index >= 15 is 0 Å². The predicted molar refractivity (Wildman–Crippen MR) is 103 cm³/mol. The summed E-state index contributed by atoms with van der Waals surface area (Å²) in [6.07, 6.45) is -4.29. The molecule has 3 rings (SSSR count). The molecule has 5 atom stereocenters. The number of benzene rings is 1. The van der Waals surface area contributed by atoms with Gasteiger partial charge in [-0.2, -0.15) is 0 Å². The van der Waals surface area contributed by atoms with E-state index in [9.17, 15) is 24.9 Å². The lowest BCUT2D eigenvalue weighted by Gasteiger charge is -2.17. The Balaban J connectivity index is 1.49. The van der Waals surface area contributed by atoms with Crippen LogP contribution < -0.4 is 11.5 Å². The zero-order valence-corrected chi connectivity index (χ0v) is 16.4. The van der Waals surface area contributed by atoms with Crippen molar-refractivity contribution < 1.29 is 39.1 Å². The molecule has 1 saturated heterocycles. The van der Waals surface area contributed by atoms with Crippen LogP contribution in [-0.2, 0) is 25.6 Å². The highest BCUT2D eigenvalue weighted by atomic mass is 16.6. The van der Waals surface area contributed by atoms with Gasteiger partial charge in [0.1, 0.15) is 37.3 Å². The molecule has 1 unspecified atom stereocenters. The fourth-order valence-electron chi connectivity index (χ4n) is 3.03. The van der Waals surface area contributed by atoms with E-state index in [1.54, 1.807) is 0 Å². The Morgan fingerprint density at radius 3 is 2.58 bits per heavy atom. The van der Waals surface area contributed by atoms with Crippen LogP contribution in [0.15, 0.2) is 36.7 Å². The fraction of sp³-hybridized carbons (Fsp3) is 0.421. The van der Waals surface area contributed by atoms with Gasteiger partial charge in [-0.1, -0.05) is 30.3 Å². The van der Waals surface area contributed by atoms with Crippen LogP contribution in [0.4, 0.5) is 0 Å². The van der Waals surface area contributed by atoms with Crippen LogP contribution in [0.2, 0.25) is 0 Å². The van der Waals surface area contributed by atoms with E-state index in [0.717, 1.165) is 16.5 Å². The Hall–Kier alpha value is -3.03. The van der Waals surface area contributed by atoms with Crippen LogP contribution in [0.25, 0.3) is 0 Å². The minimum Gasteiger partial charge on any atom is -0.493 e. The van der Waals surface area contributed by atoms with Crippen molar-refractivity contribution in [2.24, 2.45) is 11.5 Å². The second kappa shape index (κ2) is 9.85. The van der Waals surface area contributed by atoms with Crippen molar-refractivity contribution in [2.45, 2.75) is 37.2 Å². The number of aromatic nitrogens is 2. The predicted octanol–water partition coefficient (Wildman–Crippen LogP) is -1.61. The Bertz CT molecular complexity index is 906. The van der Waals surface area contributed by atoms with Crippen LogP contribution >= 0.6 is 0 Å². The quantitative estimate of drug-likeness (QED) is 0.286. The first-order chi connectivity index (χ1) is 14.8. The number of ether oxygens (including phenoxy) is 3. The first-order valence-electron chi connectivity index (χ1n) is 9.40. The van der Waals surface area contributed by atoms with Crippen molar-refractivity contribution in [3.63, 3.8) is 0 Å². The van der Waals surface area contributed by atoms with Gasteiger partial charge in [-0.05, 0) is 5.56 Å². The molecule has 0 bridgehead atoms. The number of aliphatic hydroxyl groups is 2. The lowest BCUT2D eigenvalue weighted by molar-refractivity contribution is -0.153. The molecule has 2 heterocycles. The highest BCUT2D eigenvalue weighted by Crippen LogP contribution is 2.33. The molecule has 1 aromatic carbocycles. The van der Waals surface area contributed by atoms with Crippen molar-refractivity contribution >= 4 is 11.9 Å². The van der Waals surface area contributed by atoms with E-state index in [2.05, 4.69) is 4.98 Å². The summed E-state index contributed by atoms with van der Waals surface area (Å²) in [5, 5.41) is 30.4. The van der Waals surface area contributed by atoms with Crippen molar-refractivity contribution in [3.8, 4) is 5.88 Å². The number of amides is 1. The van der Waals surface area contributed by atoms with Gasteiger partial charge in [-0.25, -0.2) is 4.98 Å². The minimum absolute atomic E-state index is 0.0775. The maximum atomic E-state index is 12.1. The number of esters is 1.